The third-order valence-corrected chi connectivity index (χ3v) is 5.66. The highest BCUT2D eigenvalue weighted by Gasteiger charge is 2.21. The van der Waals surface area contributed by atoms with Crippen LogP contribution in [0.2, 0.25) is 5.02 Å². The van der Waals surface area contributed by atoms with Gasteiger partial charge in [0.25, 0.3) is 10.0 Å². The first-order valence-corrected chi connectivity index (χ1v) is 9.43. The van der Waals surface area contributed by atoms with Crippen LogP contribution < -0.4 is 4.72 Å². The number of sulfonamides is 1. The van der Waals surface area contributed by atoms with Crippen molar-refractivity contribution in [2.24, 2.45) is 7.05 Å². The molecule has 7 nitrogen and oxygen atoms in total. The number of nitrogens with one attached hydrogen (secondary N) is 1. The molecule has 1 aromatic carbocycles. The minimum absolute atomic E-state index is 0.139. The second-order valence-corrected chi connectivity index (χ2v) is 7.87. The van der Waals surface area contributed by atoms with E-state index in [0.717, 1.165) is 11.3 Å². The Morgan fingerprint density at radius 3 is 2.48 bits per heavy atom. The van der Waals surface area contributed by atoms with Crippen LogP contribution in [0.25, 0.3) is 0 Å². The summed E-state index contributed by atoms with van der Waals surface area (Å²) in [6, 6.07) is 9.13. The monoisotopic (exact) mass is 379 g/mol. The van der Waals surface area contributed by atoms with Gasteiger partial charge in [-0.1, -0.05) is 23.7 Å². The zero-order valence-electron chi connectivity index (χ0n) is 14.1. The van der Waals surface area contributed by atoms with Gasteiger partial charge in [0, 0.05) is 23.8 Å². The zero-order chi connectivity index (χ0) is 18.2. The SMILES string of the molecule is Cc1c(S(=O)(=O)Nc2cc(C)n(Cc3ccc(Cl)cc3)n2)cnn1C. The van der Waals surface area contributed by atoms with Gasteiger partial charge < -0.3 is 0 Å². The van der Waals surface area contributed by atoms with Crippen molar-refractivity contribution in [2.45, 2.75) is 25.3 Å². The lowest BCUT2D eigenvalue weighted by atomic mass is 10.2. The molecular formula is C16H18ClN5O2S. The van der Waals surface area contributed by atoms with E-state index in [9.17, 15) is 8.42 Å². The summed E-state index contributed by atoms with van der Waals surface area (Å²) >= 11 is 5.89. The maximum atomic E-state index is 12.5. The van der Waals surface area contributed by atoms with Gasteiger partial charge in [0.2, 0.25) is 0 Å². The fourth-order valence-electron chi connectivity index (χ4n) is 2.42. The zero-order valence-corrected chi connectivity index (χ0v) is 15.6. The Hall–Kier alpha value is -2.32. The standard InChI is InChI=1S/C16H18ClN5O2S/c1-11-8-16(19-22(11)10-13-4-6-14(17)7-5-13)20-25(23,24)15-9-18-21(3)12(15)2/h4-9H,10H2,1-3H3,(H,19,20). The third kappa shape index (κ3) is 3.69. The first-order chi connectivity index (χ1) is 11.8. The summed E-state index contributed by atoms with van der Waals surface area (Å²) in [4.78, 5) is 0.139. The van der Waals surface area contributed by atoms with Crippen molar-refractivity contribution in [1.82, 2.24) is 19.6 Å². The molecule has 2 heterocycles. The van der Waals surface area contributed by atoms with Crippen LogP contribution in [0.15, 0.2) is 41.4 Å². The van der Waals surface area contributed by atoms with Crippen molar-refractivity contribution in [2.75, 3.05) is 4.72 Å². The second kappa shape index (κ2) is 6.53. The van der Waals surface area contributed by atoms with E-state index in [4.69, 9.17) is 11.6 Å². The Bertz CT molecular complexity index is 1010. The van der Waals surface area contributed by atoms with E-state index in [1.807, 2.05) is 31.2 Å². The summed E-state index contributed by atoms with van der Waals surface area (Å²) in [5.74, 6) is 0.273. The number of aromatic nitrogens is 4. The molecule has 3 rings (SSSR count). The van der Waals surface area contributed by atoms with Gasteiger partial charge in [0.15, 0.2) is 5.82 Å². The number of hydrogen-bond donors (Lipinski definition) is 1. The molecule has 132 valence electrons. The highest BCUT2D eigenvalue weighted by atomic mass is 35.5. The number of nitrogens with zero attached hydrogens (tertiary/aromatic N) is 4. The van der Waals surface area contributed by atoms with Crippen LogP contribution in [0.4, 0.5) is 5.82 Å². The Morgan fingerprint density at radius 1 is 1.20 bits per heavy atom. The summed E-state index contributed by atoms with van der Waals surface area (Å²) < 4.78 is 30.8. The molecule has 1 N–H and O–H groups in total. The number of rotatable bonds is 5. The largest absolute Gasteiger partial charge is 0.272 e. The lowest BCUT2D eigenvalue weighted by Gasteiger charge is -2.06. The van der Waals surface area contributed by atoms with Gasteiger partial charge in [-0.05, 0) is 31.5 Å². The van der Waals surface area contributed by atoms with Gasteiger partial charge >= 0.3 is 0 Å². The van der Waals surface area contributed by atoms with Crippen LogP contribution in [0.1, 0.15) is 17.0 Å². The number of benzene rings is 1. The van der Waals surface area contributed by atoms with Crippen LogP contribution in [0.3, 0.4) is 0 Å². The predicted octanol–water partition coefficient (Wildman–Crippen LogP) is 2.74. The lowest BCUT2D eigenvalue weighted by Crippen LogP contribution is -2.14. The van der Waals surface area contributed by atoms with Crippen molar-refractivity contribution in [3.63, 3.8) is 0 Å². The Labute approximate surface area is 151 Å². The van der Waals surface area contributed by atoms with Crippen molar-refractivity contribution in [3.05, 3.63) is 58.5 Å². The molecule has 0 atom stereocenters. The first kappa shape index (κ1) is 17.5. The van der Waals surface area contributed by atoms with Crippen LogP contribution in [0.5, 0.6) is 0 Å². The van der Waals surface area contributed by atoms with Crippen molar-refractivity contribution < 1.29 is 8.42 Å². The van der Waals surface area contributed by atoms with Gasteiger partial charge in [-0.15, -0.1) is 0 Å². The van der Waals surface area contributed by atoms with Gasteiger partial charge in [0.1, 0.15) is 4.90 Å². The molecule has 0 saturated carbocycles. The molecule has 9 heteroatoms. The van der Waals surface area contributed by atoms with Crippen LogP contribution in [-0.4, -0.2) is 28.0 Å². The van der Waals surface area contributed by atoms with Crippen LogP contribution in [0, 0.1) is 13.8 Å². The van der Waals surface area contributed by atoms with E-state index in [1.54, 1.807) is 24.7 Å². The lowest BCUT2D eigenvalue weighted by molar-refractivity contribution is 0.599. The molecule has 2 aromatic heterocycles. The normalized spacial score (nSPS) is 11.7. The molecule has 0 unspecified atom stereocenters. The minimum atomic E-state index is -3.73. The smallest absolute Gasteiger partial charge is 0.266 e. The average Bonchev–Trinajstić information content (AvgIpc) is 3.05. The Balaban J connectivity index is 1.82. The molecule has 0 radical (unpaired) electrons. The van der Waals surface area contributed by atoms with Gasteiger partial charge in [-0.3, -0.25) is 14.1 Å². The predicted molar refractivity (Wildman–Crippen MR) is 96.3 cm³/mol. The molecule has 0 aliphatic rings. The van der Waals surface area contributed by atoms with Gasteiger partial charge in [0.05, 0.1) is 18.4 Å². The van der Waals surface area contributed by atoms with E-state index in [-0.39, 0.29) is 10.7 Å². The third-order valence-electron chi connectivity index (χ3n) is 3.95. The fourth-order valence-corrected chi connectivity index (χ4v) is 3.74. The van der Waals surface area contributed by atoms with Gasteiger partial charge in [-0.25, -0.2) is 8.42 Å². The van der Waals surface area contributed by atoms with E-state index >= 15 is 0 Å². The molecular weight excluding hydrogens is 362 g/mol. The molecule has 0 fully saturated rings. The first-order valence-electron chi connectivity index (χ1n) is 7.56. The summed E-state index contributed by atoms with van der Waals surface area (Å²) in [5, 5.41) is 8.98. The molecule has 0 aliphatic heterocycles. The van der Waals surface area contributed by atoms with Crippen molar-refractivity contribution in [1.29, 1.82) is 0 Å². The molecule has 0 aliphatic carbocycles. The van der Waals surface area contributed by atoms with Crippen molar-refractivity contribution >= 4 is 27.4 Å². The summed E-state index contributed by atoms with van der Waals surface area (Å²) in [5.41, 5.74) is 2.42. The quantitative estimate of drug-likeness (QED) is 0.739. The maximum Gasteiger partial charge on any atom is 0.266 e. The minimum Gasteiger partial charge on any atom is -0.272 e. The van der Waals surface area contributed by atoms with Crippen LogP contribution >= 0.6 is 11.6 Å². The molecule has 0 saturated heterocycles. The topological polar surface area (TPSA) is 81.8 Å². The number of hydrogen-bond acceptors (Lipinski definition) is 4. The van der Waals surface area contributed by atoms with E-state index in [0.29, 0.717) is 17.3 Å². The number of aryl methyl sites for hydroxylation is 2. The summed E-state index contributed by atoms with van der Waals surface area (Å²) in [6.45, 7) is 4.10. The van der Waals surface area contributed by atoms with E-state index in [2.05, 4.69) is 14.9 Å². The molecule has 25 heavy (non-hydrogen) atoms. The Kier molecular flexibility index (Phi) is 4.57. The second-order valence-electron chi connectivity index (χ2n) is 5.78. The summed E-state index contributed by atoms with van der Waals surface area (Å²) in [7, 11) is -2.04. The molecule has 0 spiro atoms. The highest BCUT2D eigenvalue weighted by molar-refractivity contribution is 7.92. The Morgan fingerprint density at radius 2 is 1.88 bits per heavy atom. The van der Waals surface area contributed by atoms with Crippen LogP contribution in [-0.2, 0) is 23.6 Å². The van der Waals surface area contributed by atoms with E-state index in [1.165, 1.54) is 10.9 Å². The highest BCUT2D eigenvalue weighted by Crippen LogP contribution is 2.19. The summed E-state index contributed by atoms with van der Waals surface area (Å²) in [6.07, 6.45) is 1.33. The maximum absolute atomic E-state index is 12.5. The molecule has 0 bridgehead atoms. The number of halogens is 1. The average molecular weight is 380 g/mol. The van der Waals surface area contributed by atoms with Gasteiger partial charge in [-0.2, -0.15) is 10.2 Å². The van der Waals surface area contributed by atoms with Crippen molar-refractivity contribution in [3.8, 4) is 0 Å². The fraction of sp³-hybridized carbons (Fsp3) is 0.250. The molecule has 0 amide bonds. The van der Waals surface area contributed by atoms with E-state index < -0.39 is 10.0 Å². The number of anilines is 1. The molecule has 3 aromatic rings.